The molecular weight excluding hydrogens is 309 g/mol. The molecule has 0 saturated heterocycles. The standard InChI is InChI=1S/C15H19BrFNO/c16-15-10(5-3-7-13(15)17)8-14(19)12-6-2-1-4-11(12)9-18/h3,5,7,11-12H,1-2,4,6,8-9,18H2. The second kappa shape index (κ2) is 6.62. The first-order chi connectivity index (χ1) is 9.13. The van der Waals surface area contributed by atoms with E-state index in [1.54, 1.807) is 12.1 Å². The lowest BCUT2D eigenvalue weighted by Gasteiger charge is -2.29. The van der Waals surface area contributed by atoms with Gasteiger partial charge in [0.1, 0.15) is 11.6 Å². The number of benzene rings is 1. The van der Waals surface area contributed by atoms with E-state index in [1.165, 1.54) is 6.07 Å². The normalized spacial score (nSPS) is 23.3. The molecule has 0 spiro atoms. The van der Waals surface area contributed by atoms with Crippen molar-refractivity contribution in [2.75, 3.05) is 6.54 Å². The van der Waals surface area contributed by atoms with Crippen molar-refractivity contribution in [3.05, 3.63) is 34.1 Å². The number of Topliss-reactive ketones (excluding diaryl/α,β-unsaturated/α-hetero) is 1. The van der Waals surface area contributed by atoms with Crippen LogP contribution in [0.1, 0.15) is 31.2 Å². The van der Waals surface area contributed by atoms with Gasteiger partial charge >= 0.3 is 0 Å². The number of hydrogen-bond acceptors (Lipinski definition) is 2. The van der Waals surface area contributed by atoms with Crippen LogP contribution in [0, 0.1) is 17.7 Å². The Balaban J connectivity index is 2.09. The zero-order valence-electron chi connectivity index (χ0n) is 10.9. The Morgan fingerprint density at radius 3 is 2.84 bits per heavy atom. The molecule has 1 aromatic carbocycles. The van der Waals surface area contributed by atoms with Gasteiger partial charge in [-0.05, 0) is 52.9 Å². The average Bonchev–Trinajstić information content (AvgIpc) is 2.43. The Hall–Kier alpha value is -0.740. The molecule has 1 fully saturated rings. The van der Waals surface area contributed by atoms with Gasteiger partial charge in [0, 0.05) is 12.3 Å². The van der Waals surface area contributed by atoms with E-state index in [-0.39, 0.29) is 17.5 Å². The second-order valence-electron chi connectivity index (χ2n) is 5.24. The summed E-state index contributed by atoms with van der Waals surface area (Å²) in [6, 6.07) is 4.83. The maximum atomic E-state index is 13.4. The van der Waals surface area contributed by atoms with Gasteiger partial charge in [-0.1, -0.05) is 25.0 Å². The highest BCUT2D eigenvalue weighted by molar-refractivity contribution is 9.10. The molecule has 0 aliphatic heterocycles. The molecule has 2 rings (SSSR count). The van der Waals surface area contributed by atoms with Crippen LogP contribution in [-0.2, 0) is 11.2 Å². The largest absolute Gasteiger partial charge is 0.330 e. The third-order valence-corrected chi connectivity index (χ3v) is 4.91. The van der Waals surface area contributed by atoms with Gasteiger partial charge in [-0.3, -0.25) is 4.79 Å². The molecule has 2 nitrogen and oxygen atoms in total. The summed E-state index contributed by atoms with van der Waals surface area (Å²) in [5.74, 6) is 0.230. The Kier molecular flexibility index (Phi) is 5.11. The minimum absolute atomic E-state index is 0.0499. The van der Waals surface area contributed by atoms with Crippen LogP contribution in [0.15, 0.2) is 22.7 Å². The summed E-state index contributed by atoms with van der Waals surface area (Å²) in [5.41, 5.74) is 6.49. The van der Waals surface area contributed by atoms with Crippen LogP contribution >= 0.6 is 15.9 Å². The third kappa shape index (κ3) is 3.42. The van der Waals surface area contributed by atoms with Crippen molar-refractivity contribution in [3.8, 4) is 0 Å². The van der Waals surface area contributed by atoms with Crippen LogP contribution in [0.5, 0.6) is 0 Å². The monoisotopic (exact) mass is 327 g/mol. The molecule has 1 saturated carbocycles. The van der Waals surface area contributed by atoms with Crippen LogP contribution in [0.3, 0.4) is 0 Å². The van der Waals surface area contributed by atoms with E-state index in [0.717, 1.165) is 31.2 Å². The molecule has 0 bridgehead atoms. The van der Waals surface area contributed by atoms with Crippen molar-refractivity contribution in [1.29, 1.82) is 0 Å². The molecule has 2 N–H and O–H groups in total. The van der Waals surface area contributed by atoms with Crippen LogP contribution in [-0.4, -0.2) is 12.3 Å². The summed E-state index contributed by atoms with van der Waals surface area (Å²) in [7, 11) is 0. The number of carbonyl (C=O) groups is 1. The highest BCUT2D eigenvalue weighted by atomic mass is 79.9. The van der Waals surface area contributed by atoms with Crippen LogP contribution < -0.4 is 5.73 Å². The molecule has 2 unspecified atom stereocenters. The molecule has 104 valence electrons. The van der Waals surface area contributed by atoms with E-state index >= 15 is 0 Å². The van der Waals surface area contributed by atoms with E-state index in [4.69, 9.17) is 5.73 Å². The van der Waals surface area contributed by atoms with Crippen molar-refractivity contribution in [3.63, 3.8) is 0 Å². The molecule has 1 aliphatic rings. The van der Waals surface area contributed by atoms with Gasteiger partial charge in [-0.15, -0.1) is 0 Å². The van der Waals surface area contributed by atoms with Crippen LogP contribution in [0.4, 0.5) is 4.39 Å². The van der Waals surface area contributed by atoms with Crippen molar-refractivity contribution < 1.29 is 9.18 Å². The van der Waals surface area contributed by atoms with E-state index in [1.807, 2.05) is 0 Å². The number of nitrogens with two attached hydrogens (primary N) is 1. The first kappa shape index (κ1) is 14.7. The summed E-state index contributed by atoms with van der Waals surface area (Å²) in [6.45, 7) is 0.570. The van der Waals surface area contributed by atoms with Crippen molar-refractivity contribution in [2.45, 2.75) is 32.1 Å². The lowest BCUT2D eigenvalue weighted by atomic mass is 9.76. The minimum atomic E-state index is -0.315. The number of hydrogen-bond donors (Lipinski definition) is 1. The summed E-state index contributed by atoms with van der Waals surface area (Å²) in [4.78, 5) is 12.4. The summed E-state index contributed by atoms with van der Waals surface area (Å²) in [6.07, 6.45) is 4.51. The first-order valence-corrected chi connectivity index (χ1v) is 7.58. The maximum Gasteiger partial charge on any atom is 0.140 e. The van der Waals surface area contributed by atoms with E-state index in [0.29, 0.717) is 23.4 Å². The van der Waals surface area contributed by atoms with Gasteiger partial charge in [-0.2, -0.15) is 0 Å². The molecule has 0 radical (unpaired) electrons. The van der Waals surface area contributed by atoms with Crippen molar-refractivity contribution in [1.82, 2.24) is 0 Å². The summed E-state index contributed by atoms with van der Waals surface area (Å²) in [5, 5.41) is 0. The van der Waals surface area contributed by atoms with Gasteiger partial charge in [0.25, 0.3) is 0 Å². The Bertz CT molecular complexity index is 463. The fraction of sp³-hybridized carbons (Fsp3) is 0.533. The second-order valence-corrected chi connectivity index (χ2v) is 6.04. The van der Waals surface area contributed by atoms with Crippen LogP contribution in [0.2, 0.25) is 0 Å². The smallest absolute Gasteiger partial charge is 0.140 e. The fourth-order valence-electron chi connectivity index (χ4n) is 2.92. The van der Waals surface area contributed by atoms with E-state index in [2.05, 4.69) is 15.9 Å². The molecule has 4 heteroatoms. The highest BCUT2D eigenvalue weighted by Crippen LogP contribution is 2.31. The predicted molar refractivity (Wildman–Crippen MR) is 77.3 cm³/mol. The van der Waals surface area contributed by atoms with Gasteiger partial charge in [-0.25, -0.2) is 4.39 Å². The molecule has 0 aromatic heterocycles. The lowest BCUT2D eigenvalue weighted by molar-refractivity contribution is -0.124. The summed E-state index contributed by atoms with van der Waals surface area (Å²) >= 11 is 3.21. The molecule has 0 amide bonds. The lowest BCUT2D eigenvalue weighted by Crippen LogP contribution is -2.33. The Morgan fingerprint density at radius 1 is 1.37 bits per heavy atom. The van der Waals surface area contributed by atoms with Crippen molar-refractivity contribution >= 4 is 21.7 Å². The first-order valence-electron chi connectivity index (χ1n) is 6.79. The Labute approximate surface area is 121 Å². The quantitative estimate of drug-likeness (QED) is 0.920. The fourth-order valence-corrected chi connectivity index (χ4v) is 3.32. The molecule has 2 atom stereocenters. The molecule has 0 heterocycles. The topological polar surface area (TPSA) is 43.1 Å². The SMILES string of the molecule is NCC1CCCCC1C(=O)Cc1cccc(F)c1Br. The molecule has 1 aromatic rings. The molecule has 19 heavy (non-hydrogen) atoms. The number of halogens is 2. The number of carbonyl (C=O) groups excluding carboxylic acids is 1. The predicted octanol–water partition coefficient (Wildman–Crippen LogP) is 3.46. The van der Waals surface area contributed by atoms with Gasteiger partial charge in [0.15, 0.2) is 0 Å². The minimum Gasteiger partial charge on any atom is -0.330 e. The number of ketones is 1. The number of rotatable bonds is 4. The van der Waals surface area contributed by atoms with E-state index in [9.17, 15) is 9.18 Å². The van der Waals surface area contributed by atoms with Gasteiger partial charge in [0.2, 0.25) is 0 Å². The van der Waals surface area contributed by atoms with E-state index < -0.39 is 0 Å². The maximum absolute atomic E-state index is 13.4. The molecule has 1 aliphatic carbocycles. The third-order valence-electron chi connectivity index (χ3n) is 4.02. The summed E-state index contributed by atoms with van der Waals surface area (Å²) < 4.78 is 13.8. The Morgan fingerprint density at radius 2 is 2.11 bits per heavy atom. The van der Waals surface area contributed by atoms with Gasteiger partial charge in [0.05, 0.1) is 4.47 Å². The van der Waals surface area contributed by atoms with Gasteiger partial charge < -0.3 is 5.73 Å². The zero-order valence-corrected chi connectivity index (χ0v) is 12.5. The zero-order chi connectivity index (χ0) is 13.8. The average molecular weight is 328 g/mol. The molecular formula is C15H19BrFNO. The highest BCUT2D eigenvalue weighted by Gasteiger charge is 2.29. The van der Waals surface area contributed by atoms with Crippen molar-refractivity contribution in [2.24, 2.45) is 17.6 Å². The van der Waals surface area contributed by atoms with Crippen LogP contribution in [0.25, 0.3) is 0 Å².